The molecule has 0 radical (unpaired) electrons. The lowest BCUT2D eigenvalue weighted by Gasteiger charge is -2.02. The number of benzene rings is 1. The molecule has 0 amide bonds. The Kier molecular flexibility index (Phi) is 2.48. The van der Waals surface area contributed by atoms with Gasteiger partial charge in [0.2, 0.25) is 0 Å². The average Bonchev–Trinajstić information content (AvgIpc) is 2.19. The second-order valence-corrected chi connectivity index (χ2v) is 3.63. The molecule has 1 N–H and O–H groups in total. The summed E-state index contributed by atoms with van der Waals surface area (Å²) in [5.74, 6) is 0.274. The van der Waals surface area contributed by atoms with Crippen molar-refractivity contribution in [2.45, 2.75) is 5.88 Å². The number of para-hydroxylation sites is 1. The van der Waals surface area contributed by atoms with Crippen molar-refractivity contribution >= 4 is 34.1 Å². The Bertz CT molecular complexity index is 533. The number of aromatic amines is 1. The summed E-state index contributed by atoms with van der Waals surface area (Å²) in [6.45, 7) is 0. The molecule has 0 bridgehead atoms. The normalized spacial score (nSPS) is 10.7. The summed E-state index contributed by atoms with van der Waals surface area (Å²) < 4.78 is 0. The molecule has 0 aliphatic carbocycles. The first kappa shape index (κ1) is 9.56. The lowest BCUT2D eigenvalue weighted by Crippen LogP contribution is -2.04. The van der Waals surface area contributed by atoms with Gasteiger partial charge in [0.25, 0.3) is 0 Å². The summed E-state index contributed by atoms with van der Waals surface area (Å²) in [5.41, 5.74) is 1.27. The first-order chi connectivity index (χ1) is 6.72. The highest BCUT2D eigenvalue weighted by atomic mass is 35.5. The van der Waals surface area contributed by atoms with Crippen molar-refractivity contribution in [2.75, 3.05) is 0 Å². The van der Waals surface area contributed by atoms with E-state index < -0.39 is 0 Å². The van der Waals surface area contributed by atoms with E-state index in [9.17, 15) is 4.79 Å². The van der Waals surface area contributed by atoms with Gasteiger partial charge in [0.15, 0.2) is 5.43 Å². The van der Waals surface area contributed by atoms with Gasteiger partial charge in [-0.25, -0.2) is 0 Å². The number of halogens is 2. The topological polar surface area (TPSA) is 32.9 Å². The quantitative estimate of drug-likeness (QED) is 0.748. The number of hydrogen-bond acceptors (Lipinski definition) is 1. The van der Waals surface area contributed by atoms with E-state index in [1.165, 1.54) is 6.07 Å². The molecule has 0 spiro atoms. The van der Waals surface area contributed by atoms with Gasteiger partial charge in [0.05, 0.1) is 16.4 Å². The van der Waals surface area contributed by atoms with Gasteiger partial charge in [-0.2, -0.15) is 0 Å². The molecule has 0 unspecified atom stereocenters. The van der Waals surface area contributed by atoms with Crippen LogP contribution in [0.15, 0.2) is 29.1 Å². The maximum atomic E-state index is 11.6. The van der Waals surface area contributed by atoms with Crippen molar-refractivity contribution < 1.29 is 0 Å². The Labute approximate surface area is 90.5 Å². The van der Waals surface area contributed by atoms with Gasteiger partial charge in [-0.3, -0.25) is 4.79 Å². The van der Waals surface area contributed by atoms with Gasteiger partial charge < -0.3 is 4.98 Å². The van der Waals surface area contributed by atoms with E-state index in [-0.39, 0.29) is 11.3 Å². The lowest BCUT2D eigenvalue weighted by atomic mass is 10.2. The van der Waals surface area contributed by atoms with E-state index in [2.05, 4.69) is 4.98 Å². The minimum absolute atomic E-state index is 0.0584. The molecule has 0 fully saturated rings. The molecule has 0 saturated carbocycles. The van der Waals surface area contributed by atoms with Gasteiger partial charge in [-0.1, -0.05) is 17.7 Å². The molecule has 0 aliphatic heterocycles. The molecule has 0 saturated heterocycles. The number of H-pyrrole nitrogens is 1. The molecule has 4 heteroatoms. The third-order valence-corrected chi connectivity index (χ3v) is 2.62. The van der Waals surface area contributed by atoms with E-state index in [1.807, 2.05) is 0 Å². The van der Waals surface area contributed by atoms with Gasteiger partial charge in [-0.15, -0.1) is 11.6 Å². The molecule has 2 rings (SSSR count). The van der Waals surface area contributed by atoms with Gasteiger partial charge in [0.1, 0.15) is 0 Å². The van der Waals surface area contributed by atoms with Crippen LogP contribution in [-0.4, -0.2) is 4.98 Å². The van der Waals surface area contributed by atoms with Crippen LogP contribution >= 0.6 is 23.2 Å². The number of fused-ring (bicyclic) bond motifs is 1. The van der Waals surface area contributed by atoms with Crippen LogP contribution in [0.2, 0.25) is 5.02 Å². The molecule has 1 heterocycles. The Hall–Kier alpha value is -0.990. The van der Waals surface area contributed by atoms with Crippen molar-refractivity contribution in [1.82, 2.24) is 4.98 Å². The zero-order valence-corrected chi connectivity index (χ0v) is 8.69. The fourth-order valence-electron chi connectivity index (χ4n) is 1.36. The Morgan fingerprint density at radius 3 is 2.86 bits per heavy atom. The number of pyridine rings is 1. The largest absolute Gasteiger partial charge is 0.356 e. The zero-order valence-electron chi connectivity index (χ0n) is 7.18. The van der Waals surface area contributed by atoms with Crippen molar-refractivity contribution in [2.24, 2.45) is 0 Å². The Morgan fingerprint density at radius 1 is 1.36 bits per heavy atom. The van der Waals surface area contributed by atoms with Crippen LogP contribution in [-0.2, 0) is 5.88 Å². The molecule has 0 aliphatic rings. The standard InChI is InChI=1S/C10H7Cl2NO/c11-5-6-4-9(14)7-2-1-3-8(12)10(7)13-6/h1-4H,5H2,(H,13,14). The molecule has 14 heavy (non-hydrogen) atoms. The van der Waals surface area contributed by atoms with Crippen LogP contribution in [0.3, 0.4) is 0 Å². The van der Waals surface area contributed by atoms with E-state index in [0.29, 0.717) is 21.6 Å². The van der Waals surface area contributed by atoms with Crippen LogP contribution in [0.4, 0.5) is 0 Å². The SMILES string of the molecule is O=c1cc(CCl)[nH]c2c(Cl)cccc12. The van der Waals surface area contributed by atoms with E-state index in [0.717, 1.165) is 0 Å². The summed E-state index contributed by atoms with van der Waals surface area (Å²) in [6.07, 6.45) is 0. The lowest BCUT2D eigenvalue weighted by molar-refractivity contribution is 1.21. The molecule has 0 atom stereocenters. The van der Waals surface area contributed by atoms with Crippen LogP contribution in [0.1, 0.15) is 5.69 Å². The molecule has 2 aromatic rings. The first-order valence-electron chi connectivity index (χ1n) is 4.09. The highest BCUT2D eigenvalue weighted by Gasteiger charge is 2.03. The second kappa shape index (κ2) is 3.64. The van der Waals surface area contributed by atoms with Crippen LogP contribution in [0, 0.1) is 0 Å². The highest BCUT2D eigenvalue weighted by molar-refractivity contribution is 6.35. The summed E-state index contributed by atoms with van der Waals surface area (Å²) in [6, 6.07) is 6.71. The van der Waals surface area contributed by atoms with Crippen molar-refractivity contribution in [1.29, 1.82) is 0 Å². The van der Waals surface area contributed by atoms with Crippen LogP contribution in [0.25, 0.3) is 10.9 Å². The molecular formula is C10H7Cl2NO. The third kappa shape index (κ3) is 1.51. The number of rotatable bonds is 1. The van der Waals surface area contributed by atoms with Crippen molar-refractivity contribution in [3.05, 3.63) is 45.2 Å². The second-order valence-electron chi connectivity index (χ2n) is 2.95. The molecule has 1 aromatic carbocycles. The summed E-state index contributed by atoms with van der Waals surface area (Å²) in [5, 5.41) is 1.12. The minimum Gasteiger partial charge on any atom is -0.356 e. The molecule has 72 valence electrons. The zero-order chi connectivity index (χ0) is 10.1. The van der Waals surface area contributed by atoms with Gasteiger partial charge in [-0.05, 0) is 12.1 Å². The van der Waals surface area contributed by atoms with Crippen LogP contribution in [0.5, 0.6) is 0 Å². The highest BCUT2D eigenvalue weighted by Crippen LogP contribution is 2.19. The number of hydrogen-bond donors (Lipinski definition) is 1. The molecule has 1 aromatic heterocycles. The van der Waals surface area contributed by atoms with Crippen molar-refractivity contribution in [3.8, 4) is 0 Å². The molecular weight excluding hydrogens is 221 g/mol. The number of aromatic nitrogens is 1. The predicted molar refractivity (Wildman–Crippen MR) is 59.1 cm³/mol. The maximum absolute atomic E-state index is 11.6. The third-order valence-electron chi connectivity index (χ3n) is 2.01. The van der Waals surface area contributed by atoms with Gasteiger partial charge in [0, 0.05) is 17.1 Å². The number of alkyl halides is 1. The van der Waals surface area contributed by atoms with Gasteiger partial charge >= 0.3 is 0 Å². The van der Waals surface area contributed by atoms with E-state index in [4.69, 9.17) is 23.2 Å². The van der Waals surface area contributed by atoms with E-state index in [1.54, 1.807) is 18.2 Å². The molecule has 2 nitrogen and oxygen atoms in total. The fourth-order valence-corrected chi connectivity index (χ4v) is 1.73. The smallest absolute Gasteiger partial charge is 0.189 e. The average molecular weight is 228 g/mol. The maximum Gasteiger partial charge on any atom is 0.189 e. The van der Waals surface area contributed by atoms with Crippen molar-refractivity contribution in [3.63, 3.8) is 0 Å². The van der Waals surface area contributed by atoms with Crippen LogP contribution < -0.4 is 5.43 Å². The number of nitrogens with one attached hydrogen (secondary N) is 1. The minimum atomic E-state index is -0.0584. The van der Waals surface area contributed by atoms with E-state index >= 15 is 0 Å². The summed E-state index contributed by atoms with van der Waals surface area (Å²) in [7, 11) is 0. The Morgan fingerprint density at radius 2 is 2.14 bits per heavy atom. The first-order valence-corrected chi connectivity index (χ1v) is 5.00. The predicted octanol–water partition coefficient (Wildman–Crippen LogP) is 2.92. The summed E-state index contributed by atoms with van der Waals surface area (Å²) >= 11 is 11.6. The summed E-state index contributed by atoms with van der Waals surface area (Å²) in [4.78, 5) is 14.6. The monoisotopic (exact) mass is 227 g/mol. The fraction of sp³-hybridized carbons (Fsp3) is 0.100. The Balaban J connectivity index is 2.91.